The highest BCUT2D eigenvalue weighted by atomic mass is 79.9. The fourth-order valence-electron chi connectivity index (χ4n) is 0.802. The van der Waals surface area contributed by atoms with E-state index in [1.165, 1.54) is 11.3 Å². The topological polar surface area (TPSA) is 46.2 Å². The van der Waals surface area contributed by atoms with E-state index in [1.807, 2.05) is 12.1 Å². The van der Waals surface area contributed by atoms with Crippen LogP contribution in [0.3, 0.4) is 0 Å². The van der Waals surface area contributed by atoms with Gasteiger partial charge in [-0.15, -0.1) is 22.9 Å². The van der Waals surface area contributed by atoms with Gasteiger partial charge in [0.05, 0.1) is 9.54 Å². The molecule has 0 amide bonds. The maximum Gasteiger partial charge on any atom is 0.213 e. The van der Waals surface area contributed by atoms with Crippen LogP contribution >= 0.6 is 38.9 Å². The molecule has 7 heteroatoms. The molecule has 0 aliphatic rings. The summed E-state index contributed by atoms with van der Waals surface area (Å²) in [6, 6.07) is 3.76. The first-order valence-corrected chi connectivity index (χ1v) is 7.60. The van der Waals surface area contributed by atoms with E-state index in [2.05, 4.69) is 20.7 Å². The van der Waals surface area contributed by atoms with E-state index in [0.717, 1.165) is 8.66 Å². The van der Waals surface area contributed by atoms with Gasteiger partial charge in [0.15, 0.2) is 0 Å². The molecule has 80 valence electrons. The molecule has 0 fully saturated rings. The zero-order valence-corrected chi connectivity index (χ0v) is 11.1. The van der Waals surface area contributed by atoms with Crippen molar-refractivity contribution < 1.29 is 8.42 Å². The molecule has 0 bridgehead atoms. The van der Waals surface area contributed by atoms with Crippen LogP contribution < -0.4 is 4.72 Å². The van der Waals surface area contributed by atoms with Crippen LogP contribution in [0.25, 0.3) is 0 Å². The highest BCUT2D eigenvalue weighted by Crippen LogP contribution is 2.21. The van der Waals surface area contributed by atoms with Crippen molar-refractivity contribution in [3.63, 3.8) is 0 Å². The minimum Gasteiger partial charge on any atom is -0.212 e. The molecule has 0 spiro atoms. The van der Waals surface area contributed by atoms with E-state index in [1.54, 1.807) is 0 Å². The molecule has 0 radical (unpaired) electrons. The van der Waals surface area contributed by atoms with Gasteiger partial charge in [0.2, 0.25) is 10.0 Å². The fraction of sp³-hybridized carbons (Fsp3) is 0.429. The van der Waals surface area contributed by atoms with Gasteiger partial charge in [0.1, 0.15) is 0 Å². The van der Waals surface area contributed by atoms with Gasteiger partial charge < -0.3 is 0 Å². The number of alkyl halides is 1. The Morgan fingerprint density at radius 2 is 2.21 bits per heavy atom. The number of halogens is 2. The number of sulfonamides is 1. The summed E-state index contributed by atoms with van der Waals surface area (Å²) in [5.41, 5.74) is 0. The van der Waals surface area contributed by atoms with Crippen LogP contribution in [0.4, 0.5) is 0 Å². The van der Waals surface area contributed by atoms with Crippen LogP contribution in [0.15, 0.2) is 15.9 Å². The third kappa shape index (κ3) is 4.27. The minimum atomic E-state index is -3.21. The van der Waals surface area contributed by atoms with Crippen LogP contribution in [-0.2, 0) is 16.6 Å². The first-order valence-electron chi connectivity index (χ1n) is 3.81. The third-order valence-corrected chi connectivity index (χ3v) is 4.80. The number of thiophene rings is 1. The maximum absolute atomic E-state index is 11.2. The molecule has 1 rings (SSSR count). The third-order valence-electron chi connectivity index (χ3n) is 1.44. The number of rotatable bonds is 5. The molecule has 1 N–H and O–H groups in total. The molecule has 0 aliphatic carbocycles. The molecule has 0 aliphatic heterocycles. The van der Waals surface area contributed by atoms with E-state index in [9.17, 15) is 8.42 Å². The largest absolute Gasteiger partial charge is 0.213 e. The summed E-state index contributed by atoms with van der Waals surface area (Å²) >= 11 is 10.2. The first-order chi connectivity index (χ1) is 6.53. The summed E-state index contributed by atoms with van der Waals surface area (Å²) < 4.78 is 25.9. The molecule has 14 heavy (non-hydrogen) atoms. The quantitative estimate of drug-likeness (QED) is 0.846. The normalized spacial score (nSPS) is 11.9. The highest BCUT2D eigenvalue weighted by molar-refractivity contribution is 9.11. The lowest BCUT2D eigenvalue weighted by Crippen LogP contribution is -2.26. The summed E-state index contributed by atoms with van der Waals surface area (Å²) in [6.07, 6.45) is 0. The molecular formula is C7H9BrClNO2S2. The van der Waals surface area contributed by atoms with Crippen molar-refractivity contribution in [3.8, 4) is 0 Å². The van der Waals surface area contributed by atoms with E-state index >= 15 is 0 Å². The second-order valence-corrected chi connectivity index (χ2v) is 7.39. The lowest BCUT2D eigenvalue weighted by atomic mass is 10.5. The molecule has 0 saturated heterocycles. The number of hydrogen-bond acceptors (Lipinski definition) is 3. The first kappa shape index (κ1) is 12.4. The lowest BCUT2D eigenvalue weighted by molar-refractivity contribution is 0.583. The summed E-state index contributed by atoms with van der Waals surface area (Å²) in [4.78, 5) is 0.968. The zero-order valence-electron chi connectivity index (χ0n) is 7.16. The SMILES string of the molecule is O=S(=O)(CCCl)NCc1ccc(Br)s1. The van der Waals surface area contributed by atoms with Crippen molar-refractivity contribution >= 4 is 48.9 Å². The van der Waals surface area contributed by atoms with E-state index in [0.29, 0.717) is 6.54 Å². The van der Waals surface area contributed by atoms with Gasteiger partial charge in [-0.05, 0) is 28.1 Å². The average molecular weight is 319 g/mol. The van der Waals surface area contributed by atoms with Crippen LogP contribution in [0.5, 0.6) is 0 Å². The lowest BCUT2D eigenvalue weighted by Gasteiger charge is -2.02. The van der Waals surface area contributed by atoms with Crippen LogP contribution in [-0.4, -0.2) is 20.1 Å². The maximum atomic E-state index is 11.2. The molecule has 0 saturated carbocycles. The Balaban J connectivity index is 2.48. The average Bonchev–Trinajstić information content (AvgIpc) is 2.48. The van der Waals surface area contributed by atoms with E-state index < -0.39 is 10.0 Å². The number of nitrogens with one attached hydrogen (secondary N) is 1. The standard InChI is InChI=1S/C7H9BrClNO2S2/c8-7-2-1-6(13-7)5-10-14(11,12)4-3-9/h1-2,10H,3-5H2. The van der Waals surface area contributed by atoms with Crippen molar-refractivity contribution in [1.82, 2.24) is 4.72 Å². The Labute approximate surface area is 101 Å². The summed E-state index contributed by atoms with van der Waals surface area (Å²) in [5.74, 6) is 0.0740. The molecule has 1 aromatic heterocycles. The minimum absolute atomic E-state index is 0.0406. The van der Waals surface area contributed by atoms with Gasteiger partial charge in [0, 0.05) is 17.3 Å². The Hall–Kier alpha value is 0.380. The Morgan fingerprint density at radius 3 is 2.71 bits per heavy atom. The molecule has 0 atom stereocenters. The van der Waals surface area contributed by atoms with Crippen molar-refractivity contribution in [3.05, 3.63) is 20.8 Å². The van der Waals surface area contributed by atoms with E-state index in [4.69, 9.17) is 11.6 Å². The van der Waals surface area contributed by atoms with Gasteiger partial charge >= 0.3 is 0 Å². The van der Waals surface area contributed by atoms with Crippen LogP contribution in [0.2, 0.25) is 0 Å². The Morgan fingerprint density at radius 1 is 1.50 bits per heavy atom. The van der Waals surface area contributed by atoms with Crippen molar-refractivity contribution in [2.45, 2.75) is 6.54 Å². The predicted molar refractivity (Wildman–Crippen MR) is 63.4 cm³/mol. The van der Waals surface area contributed by atoms with Gasteiger partial charge in [0.25, 0.3) is 0 Å². The summed E-state index contributed by atoms with van der Waals surface area (Å²) in [7, 11) is -3.21. The van der Waals surface area contributed by atoms with Crippen molar-refractivity contribution in [2.75, 3.05) is 11.6 Å². The van der Waals surface area contributed by atoms with Gasteiger partial charge in [-0.2, -0.15) is 0 Å². The molecule has 0 unspecified atom stereocenters. The second kappa shape index (κ2) is 5.46. The van der Waals surface area contributed by atoms with Crippen molar-refractivity contribution in [2.24, 2.45) is 0 Å². The molecule has 1 heterocycles. The highest BCUT2D eigenvalue weighted by Gasteiger charge is 2.09. The summed E-state index contributed by atoms with van der Waals surface area (Å²) in [6.45, 7) is 0.329. The summed E-state index contributed by atoms with van der Waals surface area (Å²) in [5, 5.41) is 0. The van der Waals surface area contributed by atoms with Gasteiger partial charge in [-0.3, -0.25) is 0 Å². The van der Waals surface area contributed by atoms with Gasteiger partial charge in [-0.25, -0.2) is 13.1 Å². The fourth-order valence-corrected chi connectivity index (χ4v) is 3.65. The number of hydrogen-bond donors (Lipinski definition) is 1. The van der Waals surface area contributed by atoms with Gasteiger partial charge in [-0.1, -0.05) is 0 Å². The van der Waals surface area contributed by atoms with Crippen molar-refractivity contribution in [1.29, 1.82) is 0 Å². The zero-order chi connectivity index (χ0) is 10.6. The molecule has 3 nitrogen and oxygen atoms in total. The van der Waals surface area contributed by atoms with Crippen LogP contribution in [0.1, 0.15) is 4.88 Å². The molecule has 0 aromatic carbocycles. The van der Waals surface area contributed by atoms with Crippen LogP contribution in [0, 0.1) is 0 Å². The Bertz CT molecular complexity index is 390. The molecular weight excluding hydrogens is 310 g/mol. The Kier molecular flexibility index (Phi) is 4.86. The predicted octanol–water partition coefficient (Wildman–Crippen LogP) is 2.17. The second-order valence-electron chi connectivity index (χ2n) is 2.53. The van der Waals surface area contributed by atoms with E-state index in [-0.39, 0.29) is 11.6 Å². The smallest absolute Gasteiger partial charge is 0.212 e. The monoisotopic (exact) mass is 317 g/mol. The molecule has 1 aromatic rings.